The molecule has 0 bridgehead atoms. The summed E-state index contributed by atoms with van der Waals surface area (Å²) in [6.45, 7) is 5.69. The number of halogens is 1. The third-order valence-electron chi connectivity index (χ3n) is 2.80. The molecule has 4 heteroatoms. The van der Waals surface area contributed by atoms with Crippen LogP contribution in [0.5, 0.6) is 0 Å². The molecular formula is C11H23ClN2O. The van der Waals surface area contributed by atoms with Crippen molar-refractivity contribution in [2.45, 2.75) is 45.6 Å². The van der Waals surface area contributed by atoms with E-state index in [1.165, 1.54) is 6.42 Å². The highest BCUT2D eigenvalue weighted by Gasteiger charge is 2.25. The van der Waals surface area contributed by atoms with E-state index in [1.54, 1.807) is 0 Å². The summed E-state index contributed by atoms with van der Waals surface area (Å²) in [5.41, 5.74) is 5.67. The van der Waals surface area contributed by atoms with Crippen LogP contribution in [0.3, 0.4) is 0 Å². The largest absolute Gasteiger partial charge is 0.338 e. The zero-order chi connectivity index (χ0) is 10.6. The summed E-state index contributed by atoms with van der Waals surface area (Å²) in [4.78, 5) is 13.8. The molecule has 2 N–H and O–H groups in total. The van der Waals surface area contributed by atoms with Crippen LogP contribution in [-0.2, 0) is 4.79 Å². The third-order valence-corrected chi connectivity index (χ3v) is 2.80. The third kappa shape index (κ3) is 4.39. The summed E-state index contributed by atoms with van der Waals surface area (Å²) < 4.78 is 0. The van der Waals surface area contributed by atoms with Gasteiger partial charge in [-0.1, -0.05) is 13.8 Å². The van der Waals surface area contributed by atoms with Gasteiger partial charge in [-0.3, -0.25) is 4.79 Å². The Morgan fingerprint density at radius 2 is 2.13 bits per heavy atom. The average molecular weight is 235 g/mol. The van der Waals surface area contributed by atoms with Gasteiger partial charge < -0.3 is 10.6 Å². The van der Waals surface area contributed by atoms with Crippen LogP contribution in [0.15, 0.2) is 0 Å². The molecule has 1 unspecified atom stereocenters. The predicted octanol–water partition coefficient (Wildman–Crippen LogP) is 1.79. The SMILES string of the molecule is CC(C)CC(=O)N1CCCCC1CN.Cl. The maximum atomic E-state index is 11.8. The van der Waals surface area contributed by atoms with E-state index in [2.05, 4.69) is 13.8 Å². The van der Waals surface area contributed by atoms with E-state index in [0.717, 1.165) is 19.4 Å². The van der Waals surface area contributed by atoms with Gasteiger partial charge in [0.2, 0.25) is 5.91 Å². The molecule has 1 aliphatic heterocycles. The van der Waals surface area contributed by atoms with Crippen LogP contribution in [0.1, 0.15) is 39.5 Å². The van der Waals surface area contributed by atoms with Crippen molar-refractivity contribution in [1.29, 1.82) is 0 Å². The van der Waals surface area contributed by atoms with Crippen molar-refractivity contribution in [2.75, 3.05) is 13.1 Å². The Morgan fingerprint density at radius 3 is 2.67 bits per heavy atom. The van der Waals surface area contributed by atoms with E-state index in [-0.39, 0.29) is 18.3 Å². The van der Waals surface area contributed by atoms with E-state index in [4.69, 9.17) is 5.73 Å². The normalized spacial score (nSPS) is 21.3. The van der Waals surface area contributed by atoms with Crippen LogP contribution in [0, 0.1) is 5.92 Å². The van der Waals surface area contributed by atoms with Gasteiger partial charge in [-0.2, -0.15) is 0 Å². The molecule has 0 aliphatic carbocycles. The molecule has 1 saturated heterocycles. The number of amides is 1. The Balaban J connectivity index is 0.00000196. The van der Waals surface area contributed by atoms with Gasteiger partial charge in [0.1, 0.15) is 0 Å². The summed E-state index contributed by atoms with van der Waals surface area (Å²) in [7, 11) is 0. The number of hydrogen-bond donors (Lipinski definition) is 1. The first kappa shape index (κ1) is 14.7. The Hall–Kier alpha value is -0.280. The molecule has 1 rings (SSSR count). The smallest absolute Gasteiger partial charge is 0.223 e. The quantitative estimate of drug-likeness (QED) is 0.810. The minimum atomic E-state index is 0. The first-order valence-electron chi connectivity index (χ1n) is 5.64. The lowest BCUT2D eigenvalue weighted by molar-refractivity contribution is -0.135. The first-order valence-corrected chi connectivity index (χ1v) is 5.64. The molecule has 0 aromatic carbocycles. The average Bonchev–Trinajstić information content (AvgIpc) is 2.16. The summed E-state index contributed by atoms with van der Waals surface area (Å²) in [6.07, 6.45) is 4.10. The van der Waals surface area contributed by atoms with Crippen LogP contribution in [0.2, 0.25) is 0 Å². The van der Waals surface area contributed by atoms with Crippen molar-refractivity contribution in [2.24, 2.45) is 11.7 Å². The van der Waals surface area contributed by atoms with Gasteiger partial charge in [-0.25, -0.2) is 0 Å². The van der Waals surface area contributed by atoms with Gasteiger partial charge in [-0.05, 0) is 25.2 Å². The van der Waals surface area contributed by atoms with Gasteiger partial charge >= 0.3 is 0 Å². The highest BCUT2D eigenvalue weighted by molar-refractivity contribution is 5.85. The number of hydrogen-bond acceptors (Lipinski definition) is 2. The lowest BCUT2D eigenvalue weighted by Crippen LogP contribution is -2.47. The molecule has 90 valence electrons. The summed E-state index contributed by atoms with van der Waals surface area (Å²) in [6, 6.07) is 0.301. The van der Waals surface area contributed by atoms with Crippen molar-refractivity contribution in [3.8, 4) is 0 Å². The van der Waals surface area contributed by atoms with E-state index < -0.39 is 0 Å². The molecular weight excluding hydrogens is 212 g/mol. The molecule has 1 fully saturated rings. The number of likely N-dealkylation sites (tertiary alicyclic amines) is 1. The summed E-state index contributed by atoms with van der Waals surface area (Å²) in [5, 5.41) is 0. The van der Waals surface area contributed by atoms with Crippen LogP contribution in [-0.4, -0.2) is 29.9 Å². The van der Waals surface area contributed by atoms with Gasteiger partial charge in [0.25, 0.3) is 0 Å². The van der Waals surface area contributed by atoms with E-state index >= 15 is 0 Å². The Labute approximate surface area is 98.8 Å². The molecule has 3 nitrogen and oxygen atoms in total. The monoisotopic (exact) mass is 234 g/mol. The van der Waals surface area contributed by atoms with E-state index in [9.17, 15) is 4.79 Å². The highest BCUT2D eigenvalue weighted by Crippen LogP contribution is 2.18. The summed E-state index contributed by atoms with van der Waals surface area (Å²) >= 11 is 0. The van der Waals surface area contributed by atoms with Crippen molar-refractivity contribution in [3.05, 3.63) is 0 Å². The van der Waals surface area contributed by atoms with Crippen LogP contribution >= 0.6 is 12.4 Å². The Bertz CT molecular complexity index is 197. The zero-order valence-electron chi connectivity index (χ0n) is 9.74. The first-order chi connectivity index (χ1) is 6.65. The van der Waals surface area contributed by atoms with Crippen LogP contribution in [0.25, 0.3) is 0 Å². The summed E-state index contributed by atoms with van der Waals surface area (Å²) in [5.74, 6) is 0.734. The lowest BCUT2D eigenvalue weighted by atomic mass is 10.0. The second kappa shape index (κ2) is 7.07. The van der Waals surface area contributed by atoms with Gasteiger partial charge in [-0.15, -0.1) is 12.4 Å². The standard InChI is InChI=1S/C11H22N2O.ClH/c1-9(2)7-11(14)13-6-4-3-5-10(13)8-12;/h9-10H,3-8,12H2,1-2H3;1H. The highest BCUT2D eigenvalue weighted by atomic mass is 35.5. The lowest BCUT2D eigenvalue weighted by Gasteiger charge is -2.35. The Morgan fingerprint density at radius 1 is 1.47 bits per heavy atom. The molecule has 1 aliphatic rings. The molecule has 1 heterocycles. The van der Waals surface area contributed by atoms with Crippen LogP contribution in [0.4, 0.5) is 0 Å². The van der Waals surface area contributed by atoms with Gasteiger partial charge in [0.05, 0.1) is 0 Å². The van der Waals surface area contributed by atoms with Gasteiger partial charge in [0.15, 0.2) is 0 Å². The Kier molecular flexibility index (Phi) is 6.94. The van der Waals surface area contributed by atoms with Gasteiger partial charge in [0, 0.05) is 25.6 Å². The number of piperidine rings is 1. The van der Waals surface area contributed by atoms with E-state index in [0.29, 0.717) is 24.9 Å². The predicted molar refractivity (Wildman–Crippen MR) is 65.1 cm³/mol. The number of nitrogens with two attached hydrogens (primary N) is 1. The molecule has 0 spiro atoms. The van der Waals surface area contributed by atoms with Crippen molar-refractivity contribution in [3.63, 3.8) is 0 Å². The second-order valence-corrected chi connectivity index (χ2v) is 4.57. The fourth-order valence-electron chi connectivity index (χ4n) is 2.04. The topological polar surface area (TPSA) is 46.3 Å². The molecule has 0 aromatic rings. The zero-order valence-corrected chi connectivity index (χ0v) is 10.6. The van der Waals surface area contributed by atoms with Crippen molar-refractivity contribution in [1.82, 2.24) is 4.90 Å². The molecule has 0 radical (unpaired) electrons. The number of carbonyl (C=O) groups excluding carboxylic acids is 1. The minimum Gasteiger partial charge on any atom is -0.338 e. The molecule has 1 amide bonds. The number of nitrogens with zero attached hydrogens (tertiary/aromatic N) is 1. The number of rotatable bonds is 3. The molecule has 1 atom stereocenters. The molecule has 0 aromatic heterocycles. The molecule has 0 saturated carbocycles. The second-order valence-electron chi connectivity index (χ2n) is 4.57. The van der Waals surface area contributed by atoms with Crippen molar-refractivity contribution < 1.29 is 4.79 Å². The fraction of sp³-hybridized carbons (Fsp3) is 0.909. The molecule has 15 heavy (non-hydrogen) atoms. The van der Waals surface area contributed by atoms with Crippen molar-refractivity contribution >= 4 is 18.3 Å². The van der Waals surface area contributed by atoms with E-state index in [1.807, 2.05) is 4.90 Å². The maximum Gasteiger partial charge on any atom is 0.223 e. The van der Waals surface area contributed by atoms with Crippen LogP contribution < -0.4 is 5.73 Å². The maximum absolute atomic E-state index is 11.8. The minimum absolute atomic E-state index is 0. The fourth-order valence-corrected chi connectivity index (χ4v) is 2.04. The number of carbonyl (C=O) groups is 1.